The number of methoxy groups -OCH3 is 1. The Balaban J connectivity index is 1.77. The summed E-state index contributed by atoms with van der Waals surface area (Å²) >= 11 is 0. The van der Waals surface area contributed by atoms with Crippen molar-refractivity contribution in [3.63, 3.8) is 0 Å². The molecular formula is C20H24N4O3. The van der Waals surface area contributed by atoms with Crippen LogP contribution in [0.2, 0.25) is 0 Å². The predicted molar refractivity (Wildman–Crippen MR) is 103 cm³/mol. The van der Waals surface area contributed by atoms with Crippen LogP contribution in [0.25, 0.3) is 0 Å². The molecule has 0 radical (unpaired) electrons. The SMILES string of the molecule is CCC1CCCCN1c1nccc(C(=O)Nc2cccc(C(=O)OC)c2)n1. The van der Waals surface area contributed by atoms with Crippen molar-refractivity contribution in [2.75, 3.05) is 23.9 Å². The van der Waals surface area contributed by atoms with Gasteiger partial charge in [-0.1, -0.05) is 13.0 Å². The molecule has 1 fully saturated rings. The lowest BCUT2D eigenvalue weighted by Crippen LogP contribution is -2.40. The first-order chi connectivity index (χ1) is 13.1. The van der Waals surface area contributed by atoms with Gasteiger partial charge in [-0.3, -0.25) is 4.79 Å². The Labute approximate surface area is 158 Å². The highest BCUT2D eigenvalue weighted by Crippen LogP contribution is 2.23. The van der Waals surface area contributed by atoms with Crippen molar-refractivity contribution in [2.24, 2.45) is 0 Å². The van der Waals surface area contributed by atoms with Crippen LogP contribution in [0.5, 0.6) is 0 Å². The summed E-state index contributed by atoms with van der Waals surface area (Å²) in [6.07, 6.45) is 6.09. The Morgan fingerprint density at radius 1 is 1.30 bits per heavy atom. The normalized spacial score (nSPS) is 16.7. The first-order valence-corrected chi connectivity index (χ1v) is 9.21. The second kappa shape index (κ2) is 8.62. The van der Waals surface area contributed by atoms with E-state index in [0.717, 1.165) is 25.8 Å². The Morgan fingerprint density at radius 3 is 2.93 bits per heavy atom. The van der Waals surface area contributed by atoms with Crippen molar-refractivity contribution in [1.29, 1.82) is 0 Å². The molecule has 2 heterocycles. The number of esters is 1. The maximum Gasteiger partial charge on any atom is 0.337 e. The van der Waals surface area contributed by atoms with E-state index < -0.39 is 5.97 Å². The Morgan fingerprint density at radius 2 is 2.15 bits per heavy atom. The van der Waals surface area contributed by atoms with Crippen LogP contribution < -0.4 is 10.2 Å². The fourth-order valence-electron chi connectivity index (χ4n) is 3.34. The molecule has 3 rings (SSSR count). The molecule has 7 nitrogen and oxygen atoms in total. The molecule has 7 heteroatoms. The lowest BCUT2D eigenvalue weighted by Gasteiger charge is -2.35. The number of nitrogens with one attached hydrogen (secondary N) is 1. The van der Waals surface area contributed by atoms with Gasteiger partial charge in [0.1, 0.15) is 5.69 Å². The third-order valence-electron chi connectivity index (χ3n) is 4.77. The molecular weight excluding hydrogens is 344 g/mol. The molecule has 0 saturated carbocycles. The maximum absolute atomic E-state index is 12.6. The van der Waals surface area contributed by atoms with Crippen LogP contribution in [0.1, 0.15) is 53.5 Å². The monoisotopic (exact) mass is 368 g/mol. The molecule has 1 atom stereocenters. The standard InChI is InChI=1S/C20H24N4O3/c1-3-16-9-4-5-12-24(16)20-21-11-10-17(23-20)18(25)22-15-8-6-7-14(13-15)19(26)27-2/h6-8,10-11,13,16H,3-5,9,12H2,1-2H3,(H,22,25). The second-order valence-corrected chi connectivity index (χ2v) is 6.52. The minimum Gasteiger partial charge on any atom is -0.465 e. The van der Waals surface area contributed by atoms with Gasteiger partial charge < -0.3 is 15.0 Å². The molecule has 1 saturated heterocycles. The number of amides is 1. The third-order valence-corrected chi connectivity index (χ3v) is 4.77. The van der Waals surface area contributed by atoms with E-state index in [0.29, 0.717) is 28.9 Å². The van der Waals surface area contributed by atoms with Crippen molar-refractivity contribution in [3.8, 4) is 0 Å². The lowest BCUT2D eigenvalue weighted by molar-refractivity contribution is 0.0600. The maximum atomic E-state index is 12.6. The van der Waals surface area contributed by atoms with Gasteiger partial charge in [0.25, 0.3) is 5.91 Å². The smallest absolute Gasteiger partial charge is 0.337 e. The Bertz CT molecular complexity index is 824. The number of nitrogens with zero attached hydrogens (tertiary/aromatic N) is 3. The van der Waals surface area contributed by atoms with Crippen LogP contribution in [0.4, 0.5) is 11.6 Å². The molecule has 1 amide bonds. The van der Waals surface area contributed by atoms with E-state index in [2.05, 4.69) is 27.1 Å². The zero-order valence-corrected chi connectivity index (χ0v) is 15.6. The number of piperidine rings is 1. The highest BCUT2D eigenvalue weighted by Gasteiger charge is 2.23. The third kappa shape index (κ3) is 4.42. The summed E-state index contributed by atoms with van der Waals surface area (Å²) < 4.78 is 4.71. The first-order valence-electron chi connectivity index (χ1n) is 9.21. The molecule has 1 N–H and O–H groups in total. The fourth-order valence-corrected chi connectivity index (χ4v) is 3.34. The number of carbonyl (C=O) groups excluding carboxylic acids is 2. The number of carbonyl (C=O) groups is 2. The van der Waals surface area contributed by atoms with Crippen molar-refractivity contribution >= 4 is 23.5 Å². The molecule has 1 aliphatic heterocycles. The molecule has 2 aromatic rings. The van der Waals surface area contributed by atoms with E-state index in [4.69, 9.17) is 4.74 Å². The Kier molecular flexibility index (Phi) is 6.01. The van der Waals surface area contributed by atoms with Crippen molar-refractivity contribution in [2.45, 2.75) is 38.6 Å². The highest BCUT2D eigenvalue weighted by atomic mass is 16.5. The number of aromatic nitrogens is 2. The average molecular weight is 368 g/mol. The number of benzene rings is 1. The van der Waals surface area contributed by atoms with E-state index >= 15 is 0 Å². The first kappa shape index (κ1) is 18.8. The zero-order valence-electron chi connectivity index (χ0n) is 15.6. The lowest BCUT2D eigenvalue weighted by atomic mass is 10.0. The van der Waals surface area contributed by atoms with Crippen LogP contribution in [0.15, 0.2) is 36.5 Å². The largest absolute Gasteiger partial charge is 0.465 e. The number of hydrogen-bond donors (Lipinski definition) is 1. The summed E-state index contributed by atoms with van der Waals surface area (Å²) in [7, 11) is 1.32. The summed E-state index contributed by atoms with van der Waals surface area (Å²) in [4.78, 5) is 35.3. The minimum atomic E-state index is -0.453. The van der Waals surface area contributed by atoms with Gasteiger partial charge in [0.2, 0.25) is 5.95 Å². The van der Waals surface area contributed by atoms with Gasteiger partial charge in [0, 0.05) is 24.5 Å². The summed E-state index contributed by atoms with van der Waals surface area (Å²) in [5.41, 5.74) is 1.18. The number of anilines is 2. The topological polar surface area (TPSA) is 84.4 Å². The molecule has 1 unspecified atom stereocenters. The van der Waals surface area contributed by atoms with Crippen molar-refractivity contribution < 1.29 is 14.3 Å². The molecule has 1 aromatic carbocycles. The molecule has 27 heavy (non-hydrogen) atoms. The van der Waals surface area contributed by atoms with E-state index in [1.165, 1.54) is 13.5 Å². The van der Waals surface area contributed by atoms with E-state index in [-0.39, 0.29) is 5.91 Å². The van der Waals surface area contributed by atoms with Gasteiger partial charge in [-0.2, -0.15) is 0 Å². The summed E-state index contributed by atoms with van der Waals surface area (Å²) in [6.45, 7) is 3.07. The highest BCUT2D eigenvalue weighted by molar-refractivity contribution is 6.03. The molecule has 0 bridgehead atoms. The molecule has 0 aliphatic carbocycles. The van der Waals surface area contributed by atoms with Crippen LogP contribution in [0.3, 0.4) is 0 Å². The van der Waals surface area contributed by atoms with E-state index in [9.17, 15) is 9.59 Å². The average Bonchev–Trinajstić information content (AvgIpc) is 2.73. The summed E-state index contributed by atoms with van der Waals surface area (Å²) in [5, 5.41) is 2.78. The fraction of sp³-hybridized carbons (Fsp3) is 0.400. The van der Waals surface area contributed by atoms with Crippen molar-refractivity contribution in [1.82, 2.24) is 9.97 Å². The zero-order chi connectivity index (χ0) is 19.2. The van der Waals surface area contributed by atoms with Gasteiger partial charge >= 0.3 is 5.97 Å². The Hall–Kier alpha value is -2.96. The van der Waals surface area contributed by atoms with Crippen LogP contribution in [0, 0.1) is 0 Å². The molecule has 1 aromatic heterocycles. The summed E-state index contributed by atoms with van der Waals surface area (Å²) in [5.74, 6) is -0.200. The van der Waals surface area contributed by atoms with E-state index in [1.807, 2.05) is 0 Å². The van der Waals surface area contributed by atoms with Gasteiger partial charge in [0.15, 0.2) is 0 Å². The molecule has 1 aliphatic rings. The number of ether oxygens (including phenoxy) is 1. The van der Waals surface area contributed by atoms with Gasteiger partial charge in [0.05, 0.1) is 12.7 Å². The van der Waals surface area contributed by atoms with Crippen LogP contribution >= 0.6 is 0 Å². The number of rotatable bonds is 5. The summed E-state index contributed by atoms with van der Waals surface area (Å²) in [6, 6.07) is 8.61. The minimum absolute atomic E-state index is 0.295. The van der Waals surface area contributed by atoms with Gasteiger partial charge in [-0.25, -0.2) is 14.8 Å². The van der Waals surface area contributed by atoms with Gasteiger partial charge in [-0.15, -0.1) is 0 Å². The van der Waals surface area contributed by atoms with Gasteiger partial charge in [-0.05, 0) is 49.9 Å². The second-order valence-electron chi connectivity index (χ2n) is 6.52. The van der Waals surface area contributed by atoms with Crippen LogP contribution in [-0.2, 0) is 4.74 Å². The van der Waals surface area contributed by atoms with E-state index in [1.54, 1.807) is 36.5 Å². The molecule has 0 spiro atoms. The van der Waals surface area contributed by atoms with Crippen molar-refractivity contribution in [3.05, 3.63) is 47.8 Å². The predicted octanol–water partition coefficient (Wildman–Crippen LogP) is 3.28. The van der Waals surface area contributed by atoms with Crippen LogP contribution in [-0.4, -0.2) is 41.5 Å². The quantitative estimate of drug-likeness (QED) is 0.815. The number of hydrogen-bond acceptors (Lipinski definition) is 6. The molecule has 142 valence electrons.